The van der Waals surface area contributed by atoms with Crippen molar-refractivity contribution in [3.05, 3.63) is 72.4 Å². The Hall–Kier alpha value is -3.27. The third-order valence-corrected chi connectivity index (χ3v) is 7.86. The second-order valence-corrected chi connectivity index (χ2v) is 10.3. The van der Waals surface area contributed by atoms with E-state index in [9.17, 15) is 8.42 Å². The Morgan fingerprint density at radius 2 is 1.64 bits per heavy atom. The predicted molar refractivity (Wildman–Crippen MR) is 129 cm³/mol. The summed E-state index contributed by atoms with van der Waals surface area (Å²) in [5.41, 5.74) is 4.37. The molecule has 0 unspecified atom stereocenters. The standard InChI is InChI=1S/C24H26N6O2S/c1-18-17-25-30-23(16-22(27-24(18)30)19-6-4-3-5-7-19)26-20-8-10-21(11-9-20)33(31,32)29-14-12-28(2)13-15-29/h3-11,16-17,26H,12-15H2,1-2H3. The number of benzene rings is 2. The maximum atomic E-state index is 13.0. The van der Waals surface area contributed by atoms with E-state index in [0.29, 0.717) is 18.0 Å². The van der Waals surface area contributed by atoms with E-state index in [4.69, 9.17) is 4.98 Å². The molecule has 0 atom stereocenters. The number of piperazine rings is 1. The van der Waals surface area contributed by atoms with E-state index in [2.05, 4.69) is 15.3 Å². The summed E-state index contributed by atoms with van der Waals surface area (Å²) in [6.45, 7) is 4.48. The van der Waals surface area contributed by atoms with Crippen molar-refractivity contribution in [1.82, 2.24) is 23.8 Å². The Kier molecular flexibility index (Phi) is 5.61. The quantitative estimate of drug-likeness (QED) is 0.490. The van der Waals surface area contributed by atoms with E-state index in [1.807, 2.05) is 50.4 Å². The minimum atomic E-state index is -3.50. The van der Waals surface area contributed by atoms with E-state index in [1.54, 1.807) is 39.3 Å². The van der Waals surface area contributed by atoms with Crippen molar-refractivity contribution in [3.8, 4) is 11.3 Å². The van der Waals surface area contributed by atoms with E-state index in [-0.39, 0.29) is 0 Å². The van der Waals surface area contributed by atoms with Crippen LogP contribution in [0.3, 0.4) is 0 Å². The van der Waals surface area contributed by atoms with Gasteiger partial charge in [0.1, 0.15) is 5.82 Å². The molecule has 1 aliphatic rings. The number of anilines is 2. The minimum absolute atomic E-state index is 0.303. The lowest BCUT2D eigenvalue weighted by Crippen LogP contribution is -2.46. The highest BCUT2D eigenvalue weighted by Gasteiger charge is 2.27. The van der Waals surface area contributed by atoms with Gasteiger partial charge in [-0.25, -0.2) is 13.4 Å². The van der Waals surface area contributed by atoms with Crippen molar-refractivity contribution < 1.29 is 8.42 Å². The second kappa shape index (κ2) is 8.58. The van der Waals surface area contributed by atoms with Gasteiger partial charge in [0.2, 0.25) is 10.0 Å². The van der Waals surface area contributed by atoms with Crippen LogP contribution in [0, 0.1) is 6.92 Å². The van der Waals surface area contributed by atoms with Crippen LogP contribution in [0.4, 0.5) is 11.5 Å². The third-order valence-electron chi connectivity index (χ3n) is 5.94. The molecule has 0 saturated carbocycles. The van der Waals surface area contributed by atoms with Gasteiger partial charge >= 0.3 is 0 Å². The molecule has 5 rings (SSSR count). The van der Waals surface area contributed by atoms with Crippen molar-refractivity contribution in [2.75, 3.05) is 38.5 Å². The first-order valence-electron chi connectivity index (χ1n) is 10.9. The number of hydrogen-bond donors (Lipinski definition) is 1. The molecule has 2 aromatic heterocycles. The number of nitrogens with one attached hydrogen (secondary N) is 1. The smallest absolute Gasteiger partial charge is 0.243 e. The topological polar surface area (TPSA) is 82.8 Å². The molecule has 1 aliphatic heterocycles. The zero-order valence-electron chi connectivity index (χ0n) is 18.6. The van der Waals surface area contributed by atoms with Crippen molar-refractivity contribution in [1.29, 1.82) is 0 Å². The molecule has 1 saturated heterocycles. The maximum absolute atomic E-state index is 13.0. The van der Waals surface area contributed by atoms with Crippen LogP contribution in [0.2, 0.25) is 0 Å². The van der Waals surface area contributed by atoms with Gasteiger partial charge < -0.3 is 10.2 Å². The fourth-order valence-corrected chi connectivity index (χ4v) is 5.38. The van der Waals surface area contributed by atoms with Crippen LogP contribution < -0.4 is 5.32 Å². The van der Waals surface area contributed by atoms with Crippen LogP contribution in [-0.4, -0.2) is 65.4 Å². The predicted octanol–water partition coefficient (Wildman–Crippen LogP) is 3.38. The van der Waals surface area contributed by atoms with Gasteiger partial charge in [-0.3, -0.25) is 0 Å². The first kappa shape index (κ1) is 21.6. The van der Waals surface area contributed by atoms with Gasteiger partial charge in [0, 0.05) is 49.1 Å². The summed E-state index contributed by atoms with van der Waals surface area (Å²) in [6, 6.07) is 18.8. The van der Waals surface area contributed by atoms with Gasteiger partial charge in [0.05, 0.1) is 16.8 Å². The second-order valence-electron chi connectivity index (χ2n) is 8.31. The zero-order valence-corrected chi connectivity index (χ0v) is 19.5. The number of rotatable bonds is 5. The van der Waals surface area contributed by atoms with Gasteiger partial charge in [-0.2, -0.15) is 13.9 Å². The summed E-state index contributed by atoms with van der Waals surface area (Å²) in [5, 5.41) is 7.84. The first-order chi connectivity index (χ1) is 15.9. The van der Waals surface area contributed by atoms with Crippen LogP contribution in [0.5, 0.6) is 0 Å². The van der Waals surface area contributed by atoms with E-state index < -0.39 is 10.0 Å². The molecule has 8 nitrogen and oxygen atoms in total. The normalized spacial score (nSPS) is 15.7. The summed E-state index contributed by atoms with van der Waals surface area (Å²) in [7, 11) is -1.49. The summed E-state index contributed by atoms with van der Waals surface area (Å²) in [6.07, 6.45) is 1.79. The highest BCUT2D eigenvalue weighted by Crippen LogP contribution is 2.27. The van der Waals surface area contributed by atoms with Gasteiger partial charge in [-0.15, -0.1) is 0 Å². The number of aryl methyl sites for hydroxylation is 1. The molecular formula is C24H26N6O2S. The molecule has 0 aliphatic carbocycles. The SMILES string of the molecule is Cc1cnn2c(Nc3ccc(S(=O)(=O)N4CCN(C)CC4)cc3)cc(-c3ccccc3)nc12. The number of sulfonamides is 1. The molecule has 170 valence electrons. The Morgan fingerprint density at radius 3 is 2.33 bits per heavy atom. The lowest BCUT2D eigenvalue weighted by atomic mass is 10.1. The van der Waals surface area contributed by atoms with Crippen LogP contribution in [0.25, 0.3) is 16.9 Å². The van der Waals surface area contributed by atoms with Gasteiger partial charge in [-0.1, -0.05) is 30.3 Å². The number of likely N-dealkylation sites (N-methyl/N-ethyl adjacent to an activating group) is 1. The molecule has 0 radical (unpaired) electrons. The third kappa shape index (κ3) is 4.22. The van der Waals surface area contributed by atoms with E-state index in [1.165, 1.54) is 0 Å². The average Bonchev–Trinajstić information content (AvgIpc) is 3.21. The van der Waals surface area contributed by atoms with Gasteiger partial charge in [0.25, 0.3) is 0 Å². The Bertz CT molecular complexity index is 1380. The molecule has 0 amide bonds. The molecule has 1 N–H and O–H groups in total. The Balaban J connectivity index is 1.44. The summed E-state index contributed by atoms with van der Waals surface area (Å²) >= 11 is 0. The minimum Gasteiger partial charge on any atom is -0.340 e. The fourth-order valence-electron chi connectivity index (χ4n) is 3.95. The van der Waals surface area contributed by atoms with Crippen molar-refractivity contribution in [3.63, 3.8) is 0 Å². The molecular weight excluding hydrogens is 436 g/mol. The van der Waals surface area contributed by atoms with E-state index in [0.717, 1.165) is 47.1 Å². The molecule has 33 heavy (non-hydrogen) atoms. The fraction of sp³-hybridized carbons (Fsp3) is 0.250. The zero-order chi connectivity index (χ0) is 23.0. The van der Waals surface area contributed by atoms with Crippen molar-refractivity contribution >= 4 is 27.2 Å². The monoisotopic (exact) mass is 462 g/mol. The van der Waals surface area contributed by atoms with Gasteiger partial charge in [0.15, 0.2) is 5.65 Å². The number of fused-ring (bicyclic) bond motifs is 1. The Morgan fingerprint density at radius 1 is 0.939 bits per heavy atom. The number of aromatic nitrogens is 3. The molecule has 1 fully saturated rings. The first-order valence-corrected chi connectivity index (χ1v) is 12.3. The van der Waals surface area contributed by atoms with Crippen LogP contribution >= 0.6 is 0 Å². The van der Waals surface area contributed by atoms with Crippen LogP contribution in [0.1, 0.15) is 5.56 Å². The molecule has 0 bridgehead atoms. The lowest BCUT2D eigenvalue weighted by molar-refractivity contribution is 0.222. The average molecular weight is 463 g/mol. The maximum Gasteiger partial charge on any atom is 0.243 e. The molecule has 3 heterocycles. The van der Waals surface area contributed by atoms with Crippen LogP contribution in [0.15, 0.2) is 71.8 Å². The number of nitrogens with zero attached hydrogens (tertiary/aromatic N) is 5. The molecule has 4 aromatic rings. The number of hydrogen-bond acceptors (Lipinski definition) is 6. The molecule has 9 heteroatoms. The van der Waals surface area contributed by atoms with E-state index >= 15 is 0 Å². The van der Waals surface area contributed by atoms with Crippen molar-refractivity contribution in [2.24, 2.45) is 0 Å². The largest absolute Gasteiger partial charge is 0.340 e. The molecule has 0 spiro atoms. The Labute approximate surface area is 193 Å². The summed E-state index contributed by atoms with van der Waals surface area (Å²) < 4.78 is 29.3. The van der Waals surface area contributed by atoms with Gasteiger partial charge in [-0.05, 0) is 38.2 Å². The summed E-state index contributed by atoms with van der Waals surface area (Å²) in [4.78, 5) is 7.22. The molecule has 2 aromatic carbocycles. The summed E-state index contributed by atoms with van der Waals surface area (Å²) in [5.74, 6) is 0.752. The highest BCUT2D eigenvalue weighted by atomic mass is 32.2. The van der Waals surface area contributed by atoms with Crippen molar-refractivity contribution in [2.45, 2.75) is 11.8 Å². The highest BCUT2D eigenvalue weighted by molar-refractivity contribution is 7.89. The van der Waals surface area contributed by atoms with Crippen LogP contribution in [-0.2, 0) is 10.0 Å². The lowest BCUT2D eigenvalue weighted by Gasteiger charge is -2.31.